The fourth-order valence-electron chi connectivity index (χ4n) is 1.49. The summed E-state index contributed by atoms with van der Waals surface area (Å²) in [6.07, 6.45) is 0.694. The number of nitrogens with zero attached hydrogens (tertiary/aromatic N) is 1. The summed E-state index contributed by atoms with van der Waals surface area (Å²) in [5, 5.41) is 3.94. The predicted molar refractivity (Wildman–Crippen MR) is 84.4 cm³/mol. The Kier molecular flexibility index (Phi) is 5.28. The Balaban J connectivity index is 2.00. The Hall–Kier alpha value is -1.49. The minimum Gasteiger partial charge on any atom is -0.479 e. The molecule has 110 valence electrons. The smallest absolute Gasteiger partial charge is 0.266 e. The summed E-state index contributed by atoms with van der Waals surface area (Å²) >= 11 is 17.5. The van der Waals surface area contributed by atoms with E-state index in [4.69, 9.17) is 39.5 Å². The Labute approximate surface area is 137 Å². The molecule has 1 aromatic carbocycles. The van der Waals surface area contributed by atoms with Crippen molar-refractivity contribution in [3.8, 4) is 5.75 Å². The molecule has 0 fully saturated rings. The Morgan fingerprint density at radius 1 is 1.19 bits per heavy atom. The number of rotatable bonds is 4. The average Bonchev–Trinajstić information content (AvgIpc) is 2.44. The van der Waals surface area contributed by atoms with Gasteiger partial charge < -0.3 is 10.1 Å². The first-order chi connectivity index (χ1) is 9.95. The van der Waals surface area contributed by atoms with Gasteiger partial charge in [-0.2, -0.15) is 0 Å². The lowest BCUT2D eigenvalue weighted by molar-refractivity contribution is -0.122. The van der Waals surface area contributed by atoms with E-state index >= 15 is 0 Å². The molecule has 0 saturated heterocycles. The molecule has 1 aromatic heterocycles. The van der Waals surface area contributed by atoms with E-state index in [2.05, 4.69) is 10.3 Å². The van der Waals surface area contributed by atoms with Crippen molar-refractivity contribution in [3.63, 3.8) is 0 Å². The highest BCUT2D eigenvalue weighted by atomic mass is 35.5. The Morgan fingerprint density at radius 2 is 1.90 bits per heavy atom. The molecule has 0 radical (unpaired) electrons. The van der Waals surface area contributed by atoms with Crippen LogP contribution in [-0.2, 0) is 4.79 Å². The summed E-state index contributed by atoms with van der Waals surface area (Å²) in [5.74, 6) is 0.422. The van der Waals surface area contributed by atoms with Gasteiger partial charge in [0.15, 0.2) is 6.10 Å². The molecule has 0 spiro atoms. The van der Waals surface area contributed by atoms with E-state index in [9.17, 15) is 4.79 Å². The van der Waals surface area contributed by atoms with E-state index in [0.717, 1.165) is 0 Å². The van der Waals surface area contributed by atoms with Crippen LogP contribution in [0.15, 0.2) is 36.5 Å². The summed E-state index contributed by atoms with van der Waals surface area (Å²) in [4.78, 5) is 16.0. The van der Waals surface area contributed by atoms with Gasteiger partial charge in [-0.3, -0.25) is 4.79 Å². The monoisotopic (exact) mass is 344 g/mol. The van der Waals surface area contributed by atoms with E-state index in [1.165, 1.54) is 6.20 Å². The van der Waals surface area contributed by atoms with Crippen LogP contribution in [0, 0.1) is 0 Å². The number of carbonyl (C=O) groups excluding carboxylic acids is 1. The summed E-state index contributed by atoms with van der Waals surface area (Å²) in [5.41, 5.74) is 0. The maximum atomic E-state index is 12.0. The maximum Gasteiger partial charge on any atom is 0.266 e. The number of halogens is 3. The molecule has 0 aliphatic heterocycles. The van der Waals surface area contributed by atoms with Crippen LogP contribution in [0.1, 0.15) is 6.92 Å². The highest BCUT2D eigenvalue weighted by Crippen LogP contribution is 2.28. The SMILES string of the molecule is CC(Oc1ccc(Cl)cc1Cl)C(=O)Nc1ccc(Cl)cn1. The van der Waals surface area contributed by atoms with Crippen molar-refractivity contribution in [3.05, 3.63) is 51.6 Å². The van der Waals surface area contributed by atoms with E-state index in [1.807, 2.05) is 0 Å². The average molecular weight is 346 g/mol. The van der Waals surface area contributed by atoms with Crippen molar-refractivity contribution in [2.75, 3.05) is 5.32 Å². The fraction of sp³-hybridized carbons (Fsp3) is 0.143. The van der Waals surface area contributed by atoms with E-state index in [1.54, 1.807) is 37.3 Å². The third kappa shape index (κ3) is 4.49. The van der Waals surface area contributed by atoms with Crippen LogP contribution < -0.4 is 10.1 Å². The van der Waals surface area contributed by atoms with Crippen molar-refractivity contribution < 1.29 is 9.53 Å². The number of amides is 1. The molecule has 7 heteroatoms. The number of benzene rings is 1. The van der Waals surface area contributed by atoms with Crippen LogP contribution in [0.2, 0.25) is 15.1 Å². The number of hydrogen-bond acceptors (Lipinski definition) is 3. The van der Waals surface area contributed by atoms with Crippen LogP contribution in [0.25, 0.3) is 0 Å². The third-order valence-electron chi connectivity index (χ3n) is 2.55. The van der Waals surface area contributed by atoms with Crippen molar-refractivity contribution in [2.45, 2.75) is 13.0 Å². The van der Waals surface area contributed by atoms with E-state index < -0.39 is 6.10 Å². The number of aromatic nitrogens is 1. The molecular weight excluding hydrogens is 335 g/mol. The zero-order valence-corrected chi connectivity index (χ0v) is 13.2. The van der Waals surface area contributed by atoms with Crippen molar-refractivity contribution in [1.82, 2.24) is 4.98 Å². The summed E-state index contributed by atoms with van der Waals surface area (Å²) < 4.78 is 5.50. The first-order valence-corrected chi connectivity index (χ1v) is 7.13. The van der Waals surface area contributed by atoms with E-state index in [0.29, 0.717) is 26.6 Å². The van der Waals surface area contributed by atoms with Crippen LogP contribution in [0.5, 0.6) is 5.75 Å². The second-order valence-electron chi connectivity index (χ2n) is 4.19. The van der Waals surface area contributed by atoms with Gasteiger partial charge >= 0.3 is 0 Å². The fourth-order valence-corrected chi connectivity index (χ4v) is 2.06. The zero-order valence-electron chi connectivity index (χ0n) is 10.9. The van der Waals surface area contributed by atoms with Gasteiger partial charge in [-0.05, 0) is 37.3 Å². The predicted octanol–water partition coefficient (Wildman–Crippen LogP) is 4.45. The van der Waals surface area contributed by atoms with Crippen LogP contribution in [-0.4, -0.2) is 17.0 Å². The standard InChI is InChI=1S/C14H11Cl3N2O2/c1-8(21-12-4-2-9(15)6-11(12)17)14(20)19-13-5-3-10(16)7-18-13/h2-8H,1H3,(H,18,19,20). The number of hydrogen-bond donors (Lipinski definition) is 1. The van der Waals surface area contributed by atoms with Gasteiger partial charge in [0.1, 0.15) is 11.6 Å². The van der Waals surface area contributed by atoms with Crippen LogP contribution in [0.3, 0.4) is 0 Å². The number of ether oxygens (including phenoxy) is 1. The minimum atomic E-state index is -0.749. The Morgan fingerprint density at radius 3 is 2.52 bits per heavy atom. The summed E-state index contributed by atoms with van der Waals surface area (Å²) in [6.45, 7) is 1.61. The Bertz CT molecular complexity index is 647. The molecule has 1 unspecified atom stereocenters. The molecule has 0 aliphatic rings. The normalized spacial score (nSPS) is 11.8. The van der Waals surface area contributed by atoms with Crippen LogP contribution in [0.4, 0.5) is 5.82 Å². The molecule has 1 N–H and O–H groups in total. The van der Waals surface area contributed by atoms with Gasteiger partial charge in [-0.25, -0.2) is 4.98 Å². The number of nitrogens with one attached hydrogen (secondary N) is 1. The first kappa shape index (κ1) is 15.9. The molecule has 21 heavy (non-hydrogen) atoms. The van der Waals surface area contributed by atoms with Crippen molar-refractivity contribution in [2.24, 2.45) is 0 Å². The molecule has 4 nitrogen and oxygen atoms in total. The van der Waals surface area contributed by atoms with Gasteiger partial charge in [-0.15, -0.1) is 0 Å². The second kappa shape index (κ2) is 6.98. The number of anilines is 1. The van der Waals surface area contributed by atoms with Crippen LogP contribution >= 0.6 is 34.8 Å². The van der Waals surface area contributed by atoms with Gasteiger partial charge in [0.25, 0.3) is 5.91 Å². The molecule has 1 amide bonds. The van der Waals surface area contributed by atoms with Gasteiger partial charge in [-0.1, -0.05) is 34.8 Å². The van der Waals surface area contributed by atoms with Crippen molar-refractivity contribution in [1.29, 1.82) is 0 Å². The molecule has 2 rings (SSSR count). The molecule has 2 aromatic rings. The van der Waals surface area contributed by atoms with Gasteiger partial charge in [0, 0.05) is 11.2 Å². The lowest BCUT2D eigenvalue weighted by Crippen LogP contribution is -2.30. The number of carbonyl (C=O) groups is 1. The second-order valence-corrected chi connectivity index (χ2v) is 5.47. The van der Waals surface area contributed by atoms with E-state index in [-0.39, 0.29) is 5.91 Å². The molecule has 1 atom stereocenters. The minimum absolute atomic E-state index is 0.340. The summed E-state index contributed by atoms with van der Waals surface area (Å²) in [7, 11) is 0. The number of pyridine rings is 1. The summed E-state index contributed by atoms with van der Waals surface area (Å²) in [6, 6.07) is 8.01. The molecule has 1 heterocycles. The zero-order chi connectivity index (χ0) is 15.4. The molecule has 0 aliphatic carbocycles. The first-order valence-electron chi connectivity index (χ1n) is 6.00. The molecule has 0 saturated carbocycles. The highest BCUT2D eigenvalue weighted by Gasteiger charge is 2.16. The van der Waals surface area contributed by atoms with Crippen molar-refractivity contribution >= 4 is 46.5 Å². The largest absolute Gasteiger partial charge is 0.479 e. The highest BCUT2D eigenvalue weighted by molar-refractivity contribution is 6.35. The third-order valence-corrected chi connectivity index (χ3v) is 3.30. The maximum absolute atomic E-state index is 12.0. The molecule has 0 bridgehead atoms. The lowest BCUT2D eigenvalue weighted by Gasteiger charge is -2.15. The lowest BCUT2D eigenvalue weighted by atomic mass is 10.3. The quantitative estimate of drug-likeness (QED) is 0.890. The van der Waals surface area contributed by atoms with Gasteiger partial charge in [0.05, 0.1) is 10.0 Å². The molecular formula is C14H11Cl3N2O2. The topological polar surface area (TPSA) is 51.2 Å². The van der Waals surface area contributed by atoms with Gasteiger partial charge in [0.2, 0.25) is 0 Å².